The molecule has 2 atom stereocenters. The Kier molecular flexibility index (Phi) is 6.49. The molecule has 0 saturated carbocycles. The standard InChI is InChI=1S/C17H28N2O2/c1-3-21-16-8-4-7-15(10-16)17(11-18)19(2)12-14-6-5-9-20-13-14/h4,7-8,10,14,17H,3,5-6,9,11-13,18H2,1-2H3. The highest BCUT2D eigenvalue weighted by molar-refractivity contribution is 5.30. The van der Waals surface area contributed by atoms with Crippen LogP contribution in [0.25, 0.3) is 0 Å². The SMILES string of the molecule is CCOc1cccc(C(CN)N(C)CC2CCCOC2)c1. The predicted molar refractivity (Wildman–Crippen MR) is 85.6 cm³/mol. The molecule has 4 nitrogen and oxygen atoms in total. The number of benzene rings is 1. The highest BCUT2D eigenvalue weighted by atomic mass is 16.5. The number of nitrogens with zero attached hydrogens (tertiary/aromatic N) is 1. The van der Waals surface area contributed by atoms with Crippen LogP contribution in [0.2, 0.25) is 0 Å². The van der Waals surface area contributed by atoms with E-state index >= 15 is 0 Å². The lowest BCUT2D eigenvalue weighted by Crippen LogP contribution is -2.36. The van der Waals surface area contributed by atoms with Gasteiger partial charge in [-0.05, 0) is 50.4 Å². The Morgan fingerprint density at radius 1 is 1.48 bits per heavy atom. The fourth-order valence-corrected chi connectivity index (χ4v) is 3.03. The number of nitrogens with two attached hydrogens (primary N) is 1. The number of hydrogen-bond acceptors (Lipinski definition) is 4. The van der Waals surface area contributed by atoms with Gasteiger partial charge in [0.25, 0.3) is 0 Å². The number of hydrogen-bond donors (Lipinski definition) is 1. The Morgan fingerprint density at radius 3 is 3.00 bits per heavy atom. The van der Waals surface area contributed by atoms with E-state index in [1.54, 1.807) is 0 Å². The van der Waals surface area contributed by atoms with Gasteiger partial charge in [0.1, 0.15) is 5.75 Å². The zero-order chi connectivity index (χ0) is 15.1. The van der Waals surface area contributed by atoms with Crippen molar-refractivity contribution in [3.63, 3.8) is 0 Å². The van der Waals surface area contributed by atoms with Crippen LogP contribution in [0.1, 0.15) is 31.4 Å². The topological polar surface area (TPSA) is 47.7 Å². The van der Waals surface area contributed by atoms with Gasteiger partial charge >= 0.3 is 0 Å². The number of rotatable bonds is 7. The van der Waals surface area contributed by atoms with E-state index in [-0.39, 0.29) is 6.04 Å². The van der Waals surface area contributed by atoms with Gasteiger partial charge in [-0.1, -0.05) is 12.1 Å². The van der Waals surface area contributed by atoms with Crippen LogP contribution in [0, 0.1) is 5.92 Å². The van der Waals surface area contributed by atoms with Crippen molar-refractivity contribution in [1.82, 2.24) is 4.90 Å². The molecule has 0 spiro atoms. The molecule has 1 fully saturated rings. The molecule has 4 heteroatoms. The van der Waals surface area contributed by atoms with Crippen molar-refractivity contribution < 1.29 is 9.47 Å². The largest absolute Gasteiger partial charge is 0.494 e. The van der Waals surface area contributed by atoms with Crippen molar-refractivity contribution in [3.05, 3.63) is 29.8 Å². The molecule has 2 N–H and O–H groups in total. The molecular formula is C17H28N2O2. The van der Waals surface area contributed by atoms with Crippen LogP contribution in [0.4, 0.5) is 0 Å². The summed E-state index contributed by atoms with van der Waals surface area (Å²) in [5.74, 6) is 1.54. The smallest absolute Gasteiger partial charge is 0.119 e. The molecule has 1 aliphatic heterocycles. The summed E-state index contributed by atoms with van der Waals surface area (Å²) in [4.78, 5) is 2.35. The van der Waals surface area contributed by atoms with E-state index in [2.05, 4.69) is 24.1 Å². The maximum atomic E-state index is 6.02. The van der Waals surface area contributed by atoms with Crippen LogP contribution < -0.4 is 10.5 Å². The molecular weight excluding hydrogens is 264 g/mol. The summed E-state index contributed by atoms with van der Waals surface area (Å²) in [5.41, 5.74) is 7.25. The maximum Gasteiger partial charge on any atom is 0.119 e. The molecule has 0 radical (unpaired) electrons. The Balaban J connectivity index is 2.01. The van der Waals surface area contributed by atoms with Crippen molar-refractivity contribution in [2.75, 3.05) is 40.0 Å². The average Bonchev–Trinajstić information content (AvgIpc) is 2.50. The first-order chi connectivity index (χ1) is 10.2. The first-order valence-electron chi connectivity index (χ1n) is 7.95. The van der Waals surface area contributed by atoms with Gasteiger partial charge in [0, 0.05) is 25.7 Å². The monoisotopic (exact) mass is 292 g/mol. The third-order valence-electron chi connectivity index (χ3n) is 4.11. The minimum atomic E-state index is 0.229. The fourth-order valence-electron chi connectivity index (χ4n) is 3.03. The molecule has 1 aliphatic rings. The normalized spacial score (nSPS) is 20.5. The van der Waals surface area contributed by atoms with Gasteiger partial charge in [0.05, 0.1) is 13.2 Å². The molecule has 1 saturated heterocycles. The first-order valence-corrected chi connectivity index (χ1v) is 7.95. The maximum absolute atomic E-state index is 6.02. The van der Waals surface area contributed by atoms with Crippen LogP contribution in [0.5, 0.6) is 5.75 Å². The molecule has 1 aromatic rings. The first kappa shape index (κ1) is 16.3. The second kappa shape index (κ2) is 8.37. The van der Waals surface area contributed by atoms with Crippen LogP contribution >= 0.6 is 0 Å². The van der Waals surface area contributed by atoms with Gasteiger partial charge in [0.15, 0.2) is 0 Å². The molecule has 0 amide bonds. The van der Waals surface area contributed by atoms with Crippen molar-refractivity contribution in [3.8, 4) is 5.75 Å². The minimum absolute atomic E-state index is 0.229. The van der Waals surface area contributed by atoms with Gasteiger partial charge in [-0.2, -0.15) is 0 Å². The molecule has 2 unspecified atom stereocenters. The van der Waals surface area contributed by atoms with Crippen molar-refractivity contribution in [2.45, 2.75) is 25.8 Å². The van der Waals surface area contributed by atoms with Gasteiger partial charge in [-0.15, -0.1) is 0 Å². The summed E-state index contributed by atoms with van der Waals surface area (Å²) in [7, 11) is 2.15. The Labute approximate surface area is 128 Å². The van der Waals surface area contributed by atoms with Crippen LogP contribution in [-0.4, -0.2) is 44.9 Å². The zero-order valence-electron chi connectivity index (χ0n) is 13.3. The van der Waals surface area contributed by atoms with E-state index in [1.165, 1.54) is 18.4 Å². The van der Waals surface area contributed by atoms with Gasteiger partial charge in [-0.3, -0.25) is 4.90 Å². The second-order valence-corrected chi connectivity index (χ2v) is 5.78. The lowest BCUT2D eigenvalue weighted by molar-refractivity contribution is 0.0365. The number of likely N-dealkylation sites (N-methyl/N-ethyl adjacent to an activating group) is 1. The van der Waals surface area contributed by atoms with E-state index < -0.39 is 0 Å². The Hall–Kier alpha value is -1.10. The Bertz CT molecular complexity index is 419. The third kappa shape index (κ3) is 4.70. The summed E-state index contributed by atoms with van der Waals surface area (Å²) < 4.78 is 11.2. The molecule has 1 aromatic carbocycles. The molecule has 0 aliphatic carbocycles. The lowest BCUT2D eigenvalue weighted by atomic mass is 9.99. The van der Waals surface area contributed by atoms with E-state index in [9.17, 15) is 0 Å². The second-order valence-electron chi connectivity index (χ2n) is 5.78. The van der Waals surface area contributed by atoms with E-state index in [0.29, 0.717) is 19.1 Å². The average molecular weight is 292 g/mol. The molecule has 118 valence electrons. The molecule has 2 rings (SSSR count). The van der Waals surface area contributed by atoms with Crippen LogP contribution in [0.15, 0.2) is 24.3 Å². The van der Waals surface area contributed by atoms with Crippen molar-refractivity contribution in [1.29, 1.82) is 0 Å². The quantitative estimate of drug-likeness (QED) is 0.838. The van der Waals surface area contributed by atoms with Gasteiger partial charge in [-0.25, -0.2) is 0 Å². The molecule has 0 bridgehead atoms. The summed E-state index contributed by atoms with van der Waals surface area (Å²) in [6.07, 6.45) is 2.42. The highest BCUT2D eigenvalue weighted by Crippen LogP contribution is 2.25. The fraction of sp³-hybridized carbons (Fsp3) is 0.647. The van der Waals surface area contributed by atoms with Crippen molar-refractivity contribution in [2.24, 2.45) is 11.7 Å². The van der Waals surface area contributed by atoms with Crippen LogP contribution in [-0.2, 0) is 4.74 Å². The summed E-state index contributed by atoms with van der Waals surface area (Å²) in [6, 6.07) is 8.51. The third-order valence-corrected chi connectivity index (χ3v) is 4.11. The van der Waals surface area contributed by atoms with Crippen molar-refractivity contribution >= 4 is 0 Å². The Morgan fingerprint density at radius 2 is 2.33 bits per heavy atom. The predicted octanol–water partition coefficient (Wildman–Crippen LogP) is 2.44. The van der Waals surface area contributed by atoms with Gasteiger partial charge < -0.3 is 15.2 Å². The highest BCUT2D eigenvalue weighted by Gasteiger charge is 2.21. The number of ether oxygens (including phenoxy) is 2. The molecule has 0 aromatic heterocycles. The zero-order valence-corrected chi connectivity index (χ0v) is 13.3. The van der Waals surface area contributed by atoms with E-state index in [4.69, 9.17) is 15.2 Å². The van der Waals surface area contributed by atoms with E-state index in [1.807, 2.05) is 19.1 Å². The summed E-state index contributed by atoms with van der Waals surface area (Å²) in [5, 5.41) is 0. The molecule has 1 heterocycles. The lowest BCUT2D eigenvalue weighted by Gasteiger charge is -2.32. The minimum Gasteiger partial charge on any atom is -0.494 e. The van der Waals surface area contributed by atoms with E-state index in [0.717, 1.165) is 25.5 Å². The van der Waals surface area contributed by atoms with Gasteiger partial charge in [0.2, 0.25) is 0 Å². The van der Waals surface area contributed by atoms with Crippen LogP contribution in [0.3, 0.4) is 0 Å². The summed E-state index contributed by atoms with van der Waals surface area (Å²) in [6.45, 7) is 6.12. The molecule has 21 heavy (non-hydrogen) atoms. The summed E-state index contributed by atoms with van der Waals surface area (Å²) >= 11 is 0.